The summed E-state index contributed by atoms with van der Waals surface area (Å²) in [5, 5.41) is 4.20. The van der Waals surface area contributed by atoms with Crippen LogP contribution in [0.1, 0.15) is 36.5 Å². The molecular formula is C13H15ClFN3O. The Morgan fingerprint density at radius 2 is 2.26 bits per heavy atom. The zero-order valence-corrected chi connectivity index (χ0v) is 11.3. The first-order valence-electron chi connectivity index (χ1n) is 6.11. The fraction of sp³-hybridized carbons (Fsp3) is 0.385. The van der Waals surface area contributed by atoms with E-state index in [1.54, 1.807) is 12.1 Å². The molecule has 0 aliphatic heterocycles. The SMILES string of the molecule is CCC(CN)c1nc(Cc2c(F)cccc2Cl)no1. The van der Waals surface area contributed by atoms with E-state index in [9.17, 15) is 4.39 Å². The second-order valence-corrected chi connectivity index (χ2v) is 4.67. The maximum Gasteiger partial charge on any atom is 0.231 e. The molecule has 2 rings (SSSR count). The van der Waals surface area contributed by atoms with Crippen LogP contribution in [0.15, 0.2) is 22.7 Å². The lowest BCUT2D eigenvalue weighted by atomic mass is 10.1. The minimum atomic E-state index is -0.371. The van der Waals surface area contributed by atoms with Gasteiger partial charge in [0.15, 0.2) is 5.82 Å². The van der Waals surface area contributed by atoms with Crippen molar-refractivity contribution in [3.63, 3.8) is 0 Å². The zero-order chi connectivity index (χ0) is 13.8. The maximum absolute atomic E-state index is 13.6. The van der Waals surface area contributed by atoms with Gasteiger partial charge >= 0.3 is 0 Å². The summed E-state index contributed by atoms with van der Waals surface area (Å²) >= 11 is 5.96. The number of rotatable bonds is 5. The molecule has 0 aliphatic carbocycles. The van der Waals surface area contributed by atoms with Crippen molar-refractivity contribution in [1.82, 2.24) is 10.1 Å². The Bertz CT molecular complexity index is 534. The molecule has 0 spiro atoms. The van der Waals surface area contributed by atoms with Crippen molar-refractivity contribution in [2.24, 2.45) is 5.73 Å². The lowest BCUT2D eigenvalue weighted by Gasteiger charge is -2.04. The third-order valence-electron chi connectivity index (χ3n) is 3.01. The van der Waals surface area contributed by atoms with Gasteiger partial charge in [-0.05, 0) is 18.6 Å². The summed E-state index contributed by atoms with van der Waals surface area (Å²) < 4.78 is 18.8. The second kappa shape index (κ2) is 6.12. The Kier molecular flexibility index (Phi) is 4.50. The average Bonchev–Trinajstić information content (AvgIpc) is 2.84. The fourth-order valence-electron chi connectivity index (χ4n) is 1.81. The summed E-state index contributed by atoms with van der Waals surface area (Å²) in [6, 6.07) is 4.55. The van der Waals surface area contributed by atoms with Gasteiger partial charge in [0.05, 0.1) is 5.92 Å². The summed E-state index contributed by atoms with van der Waals surface area (Å²) in [4.78, 5) is 4.25. The molecule has 19 heavy (non-hydrogen) atoms. The number of hydrogen-bond acceptors (Lipinski definition) is 4. The molecule has 1 heterocycles. The number of hydrogen-bond donors (Lipinski definition) is 1. The fourth-order valence-corrected chi connectivity index (χ4v) is 2.04. The van der Waals surface area contributed by atoms with Crippen molar-refractivity contribution in [1.29, 1.82) is 0 Å². The molecule has 0 saturated carbocycles. The standard InChI is InChI=1S/C13H15ClFN3O/c1-2-8(7-16)13-17-12(18-19-13)6-9-10(14)4-3-5-11(9)15/h3-5,8H,2,6-7,16H2,1H3. The van der Waals surface area contributed by atoms with E-state index in [0.29, 0.717) is 28.8 Å². The van der Waals surface area contributed by atoms with Gasteiger partial charge in [-0.2, -0.15) is 4.98 Å². The van der Waals surface area contributed by atoms with E-state index in [4.69, 9.17) is 21.9 Å². The highest BCUT2D eigenvalue weighted by Gasteiger charge is 2.17. The first-order chi connectivity index (χ1) is 9.15. The van der Waals surface area contributed by atoms with Crippen molar-refractivity contribution < 1.29 is 8.91 Å². The quantitative estimate of drug-likeness (QED) is 0.916. The Balaban J connectivity index is 2.20. The zero-order valence-electron chi connectivity index (χ0n) is 10.6. The first-order valence-corrected chi connectivity index (χ1v) is 6.49. The number of nitrogens with zero attached hydrogens (tertiary/aromatic N) is 2. The summed E-state index contributed by atoms with van der Waals surface area (Å²) in [5.74, 6) is 0.573. The van der Waals surface area contributed by atoms with Crippen molar-refractivity contribution in [2.45, 2.75) is 25.7 Å². The lowest BCUT2D eigenvalue weighted by molar-refractivity contribution is 0.348. The molecule has 1 atom stereocenters. The third-order valence-corrected chi connectivity index (χ3v) is 3.36. The second-order valence-electron chi connectivity index (χ2n) is 4.27. The van der Waals surface area contributed by atoms with Gasteiger partial charge in [0.2, 0.25) is 5.89 Å². The van der Waals surface area contributed by atoms with Crippen LogP contribution in [-0.2, 0) is 6.42 Å². The molecule has 102 valence electrons. The van der Waals surface area contributed by atoms with Crippen LogP contribution in [-0.4, -0.2) is 16.7 Å². The van der Waals surface area contributed by atoms with Crippen LogP contribution in [0.3, 0.4) is 0 Å². The minimum absolute atomic E-state index is 0.0392. The molecule has 6 heteroatoms. The predicted molar refractivity (Wildman–Crippen MR) is 70.6 cm³/mol. The summed E-state index contributed by atoms with van der Waals surface area (Å²) in [5.41, 5.74) is 5.99. The summed E-state index contributed by atoms with van der Waals surface area (Å²) in [6.45, 7) is 2.44. The van der Waals surface area contributed by atoms with E-state index in [-0.39, 0.29) is 18.2 Å². The molecule has 2 N–H and O–H groups in total. The monoisotopic (exact) mass is 283 g/mol. The van der Waals surface area contributed by atoms with Gasteiger partial charge in [0, 0.05) is 23.6 Å². The normalized spacial score (nSPS) is 12.6. The highest BCUT2D eigenvalue weighted by molar-refractivity contribution is 6.31. The van der Waals surface area contributed by atoms with Crippen molar-refractivity contribution in [2.75, 3.05) is 6.54 Å². The molecule has 0 fully saturated rings. The maximum atomic E-state index is 13.6. The molecule has 0 radical (unpaired) electrons. The van der Waals surface area contributed by atoms with Crippen LogP contribution in [0.5, 0.6) is 0 Å². The third kappa shape index (κ3) is 3.11. The molecule has 1 unspecified atom stereocenters. The van der Waals surface area contributed by atoms with E-state index < -0.39 is 0 Å². The van der Waals surface area contributed by atoms with Gasteiger partial charge in [-0.15, -0.1) is 0 Å². The van der Waals surface area contributed by atoms with E-state index in [2.05, 4.69) is 10.1 Å². The Morgan fingerprint density at radius 3 is 2.89 bits per heavy atom. The van der Waals surface area contributed by atoms with Crippen LogP contribution >= 0.6 is 11.6 Å². The van der Waals surface area contributed by atoms with Crippen molar-refractivity contribution >= 4 is 11.6 Å². The molecule has 4 nitrogen and oxygen atoms in total. The molecule has 0 saturated heterocycles. The van der Waals surface area contributed by atoms with Gasteiger partial charge in [0.25, 0.3) is 0 Å². The van der Waals surface area contributed by atoms with Crippen molar-refractivity contribution in [3.8, 4) is 0 Å². The summed E-state index contributed by atoms with van der Waals surface area (Å²) in [7, 11) is 0. The average molecular weight is 284 g/mol. The Labute approximate surface area is 115 Å². The van der Waals surface area contributed by atoms with Gasteiger partial charge in [0.1, 0.15) is 5.82 Å². The first kappa shape index (κ1) is 14.0. The van der Waals surface area contributed by atoms with Crippen LogP contribution in [0, 0.1) is 5.82 Å². The topological polar surface area (TPSA) is 64.9 Å². The van der Waals surface area contributed by atoms with E-state index in [0.717, 1.165) is 6.42 Å². The van der Waals surface area contributed by atoms with E-state index in [1.165, 1.54) is 6.07 Å². The smallest absolute Gasteiger partial charge is 0.231 e. The lowest BCUT2D eigenvalue weighted by Crippen LogP contribution is -2.11. The molecule has 0 amide bonds. The number of benzene rings is 1. The molecule has 1 aromatic heterocycles. The predicted octanol–water partition coefficient (Wildman–Crippen LogP) is 2.91. The van der Waals surface area contributed by atoms with Crippen LogP contribution < -0.4 is 5.73 Å². The van der Waals surface area contributed by atoms with Crippen LogP contribution in [0.25, 0.3) is 0 Å². The Hall–Kier alpha value is -1.46. The number of halogens is 2. The highest BCUT2D eigenvalue weighted by atomic mass is 35.5. The van der Waals surface area contributed by atoms with Crippen molar-refractivity contribution in [3.05, 3.63) is 46.3 Å². The highest BCUT2D eigenvalue weighted by Crippen LogP contribution is 2.22. The molecule has 0 aliphatic rings. The van der Waals surface area contributed by atoms with Crippen LogP contribution in [0.4, 0.5) is 4.39 Å². The minimum Gasteiger partial charge on any atom is -0.339 e. The van der Waals surface area contributed by atoms with Gasteiger partial charge < -0.3 is 10.3 Å². The van der Waals surface area contributed by atoms with Gasteiger partial charge in [-0.3, -0.25) is 0 Å². The van der Waals surface area contributed by atoms with Gasteiger partial charge in [-0.1, -0.05) is 29.7 Å². The molecule has 0 bridgehead atoms. The molecule has 1 aromatic carbocycles. The van der Waals surface area contributed by atoms with Gasteiger partial charge in [-0.25, -0.2) is 4.39 Å². The van der Waals surface area contributed by atoms with E-state index in [1.807, 2.05) is 6.92 Å². The summed E-state index contributed by atoms with van der Waals surface area (Å²) in [6.07, 6.45) is 1.02. The van der Waals surface area contributed by atoms with E-state index >= 15 is 0 Å². The molecule has 2 aromatic rings. The number of nitrogens with two attached hydrogens (primary N) is 1. The molecular weight excluding hydrogens is 269 g/mol. The Morgan fingerprint density at radius 1 is 1.47 bits per heavy atom. The largest absolute Gasteiger partial charge is 0.339 e. The number of aromatic nitrogens is 2. The van der Waals surface area contributed by atoms with Crippen LogP contribution in [0.2, 0.25) is 5.02 Å².